The second kappa shape index (κ2) is 7.45. The van der Waals surface area contributed by atoms with Crippen LogP contribution in [0.3, 0.4) is 0 Å². The average molecular weight is 365 g/mol. The predicted molar refractivity (Wildman–Crippen MR) is 104 cm³/mol. The van der Waals surface area contributed by atoms with Crippen LogP contribution in [0.2, 0.25) is 0 Å². The van der Waals surface area contributed by atoms with E-state index in [0.717, 1.165) is 36.0 Å². The van der Waals surface area contributed by atoms with Crippen LogP contribution in [0.25, 0.3) is 22.1 Å². The van der Waals surface area contributed by atoms with E-state index in [9.17, 15) is 4.79 Å². The number of amides is 1. The molecule has 1 saturated heterocycles. The van der Waals surface area contributed by atoms with Gasteiger partial charge in [-0.1, -0.05) is 30.3 Å². The normalized spacial score (nSPS) is 16.6. The topological polar surface area (TPSA) is 51.9 Å². The Morgan fingerprint density at radius 2 is 2.04 bits per heavy atom. The summed E-state index contributed by atoms with van der Waals surface area (Å²) < 4.78 is 17.0. The fourth-order valence-electron chi connectivity index (χ4n) is 3.60. The van der Waals surface area contributed by atoms with Gasteiger partial charge in [0.25, 0.3) is 5.91 Å². The number of likely N-dealkylation sites (N-methyl/N-ethyl adjacent to an activating group) is 1. The zero-order chi connectivity index (χ0) is 18.8. The van der Waals surface area contributed by atoms with E-state index in [0.29, 0.717) is 23.6 Å². The molecule has 4 rings (SSSR count). The first-order valence-corrected chi connectivity index (χ1v) is 9.20. The molecule has 0 radical (unpaired) electrons. The summed E-state index contributed by atoms with van der Waals surface area (Å²) in [7, 11) is 3.41. The summed E-state index contributed by atoms with van der Waals surface area (Å²) >= 11 is 0. The lowest BCUT2D eigenvalue weighted by Crippen LogP contribution is -2.34. The van der Waals surface area contributed by atoms with Crippen LogP contribution in [0.15, 0.2) is 52.9 Å². The zero-order valence-corrected chi connectivity index (χ0v) is 15.6. The van der Waals surface area contributed by atoms with Gasteiger partial charge in [-0.25, -0.2) is 0 Å². The molecule has 1 fully saturated rings. The first-order valence-electron chi connectivity index (χ1n) is 9.20. The highest BCUT2D eigenvalue weighted by Crippen LogP contribution is 2.37. The largest absolute Gasteiger partial charge is 0.497 e. The maximum absolute atomic E-state index is 13.2. The van der Waals surface area contributed by atoms with Crippen molar-refractivity contribution in [3.63, 3.8) is 0 Å². The number of ether oxygens (including phenoxy) is 2. The van der Waals surface area contributed by atoms with E-state index >= 15 is 0 Å². The lowest BCUT2D eigenvalue weighted by molar-refractivity contribution is 0.0566. The van der Waals surface area contributed by atoms with E-state index < -0.39 is 0 Å². The summed E-state index contributed by atoms with van der Waals surface area (Å²) in [6, 6.07) is 15.5. The number of hydrogen-bond donors (Lipinski definition) is 0. The number of benzene rings is 2. The molecule has 0 aliphatic carbocycles. The van der Waals surface area contributed by atoms with E-state index in [-0.39, 0.29) is 12.0 Å². The highest BCUT2D eigenvalue weighted by Gasteiger charge is 2.27. The van der Waals surface area contributed by atoms with Crippen molar-refractivity contribution in [2.24, 2.45) is 0 Å². The van der Waals surface area contributed by atoms with Crippen LogP contribution in [0.1, 0.15) is 23.4 Å². The second-order valence-electron chi connectivity index (χ2n) is 6.86. The molecule has 0 N–H and O–H groups in total. The third-order valence-corrected chi connectivity index (χ3v) is 5.00. The van der Waals surface area contributed by atoms with Crippen LogP contribution in [0.5, 0.6) is 5.75 Å². The molecule has 0 saturated carbocycles. The summed E-state index contributed by atoms with van der Waals surface area (Å²) in [5, 5.41) is 0.899. The van der Waals surface area contributed by atoms with E-state index in [2.05, 4.69) is 0 Å². The Labute approximate surface area is 158 Å². The first-order chi connectivity index (χ1) is 13.2. The molecule has 1 amide bonds. The predicted octanol–water partition coefficient (Wildman–Crippen LogP) is 4.36. The van der Waals surface area contributed by atoms with Crippen LogP contribution in [-0.2, 0) is 4.74 Å². The SMILES string of the molecule is COc1ccc2c(-c3ccccc3)c(C(=O)N(C)CC3CCCO3)oc2c1. The summed E-state index contributed by atoms with van der Waals surface area (Å²) in [4.78, 5) is 14.9. The molecule has 3 aromatic rings. The minimum atomic E-state index is -0.139. The summed E-state index contributed by atoms with van der Waals surface area (Å²) in [5.41, 5.74) is 2.41. The summed E-state index contributed by atoms with van der Waals surface area (Å²) in [6.45, 7) is 1.33. The van der Waals surface area contributed by atoms with Gasteiger partial charge in [0.1, 0.15) is 11.3 Å². The van der Waals surface area contributed by atoms with Gasteiger partial charge < -0.3 is 18.8 Å². The molecule has 0 spiro atoms. The summed E-state index contributed by atoms with van der Waals surface area (Å²) in [5.74, 6) is 0.909. The fourth-order valence-corrected chi connectivity index (χ4v) is 3.60. The molecule has 0 bridgehead atoms. The Balaban J connectivity index is 1.77. The van der Waals surface area contributed by atoms with Crippen LogP contribution in [0, 0.1) is 0 Å². The van der Waals surface area contributed by atoms with Gasteiger partial charge in [0.05, 0.1) is 13.2 Å². The van der Waals surface area contributed by atoms with Crippen LogP contribution in [-0.4, -0.2) is 44.2 Å². The average Bonchev–Trinajstić information content (AvgIpc) is 3.34. The maximum Gasteiger partial charge on any atom is 0.290 e. The van der Waals surface area contributed by atoms with Crippen molar-refractivity contribution in [1.82, 2.24) is 4.90 Å². The van der Waals surface area contributed by atoms with Gasteiger partial charge in [-0.2, -0.15) is 0 Å². The summed E-state index contributed by atoms with van der Waals surface area (Å²) in [6.07, 6.45) is 2.14. The Morgan fingerprint density at radius 3 is 2.74 bits per heavy atom. The number of methoxy groups -OCH3 is 1. The Bertz CT molecular complexity index is 942. The van der Waals surface area contributed by atoms with E-state index in [1.807, 2.05) is 48.5 Å². The van der Waals surface area contributed by atoms with Crippen molar-refractivity contribution in [2.75, 3.05) is 27.3 Å². The molecule has 5 nitrogen and oxygen atoms in total. The number of nitrogens with zero attached hydrogens (tertiary/aromatic N) is 1. The van der Waals surface area contributed by atoms with Gasteiger partial charge in [0.15, 0.2) is 0 Å². The molecular formula is C22H23NO4. The molecule has 1 aliphatic rings. The minimum absolute atomic E-state index is 0.101. The molecule has 1 atom stereocenters. The molecule has 5 heteroatoms. The zero-order valence-electron chi connectivity index (χ0n) is 15.6. The highest BCUT2D eigenvalue weighted by molar-refractivity contribution is 6.08. The van der Waals surface area contributed by atoms with Gasteiger partial charge >= 0.3 is 0 Å². The number of fused-ring (bicyclic) bond motifs is 1. The third-order valence-electron chi connectivity index (χ3n) is 5.00. The van der Waals surface area contributed by atoms with Crippen molar-refractivity contribution >= 4 is 16.9 Å². The fraction of sp³-hybridized carbons (Fsp3) is 0.318. The van der Waals surface area contributed by atoms with E-state index in [1.54, 1.807) is 19.1 Å². The second-order valence-corrected chi connectivity index (χ2v) is 6.86. The number of hydrogen-bond acceptors (Lipinski definition) is 4. The van der Waals surface area contributed by atoms with E-state index in [4.69, 9.17) is 13.9 Å². The van der Waals surface area contributed by atoms with Crippen molar-refractivity contribution in [1.29, 1.82) is 0 Å². The van der Waals surface area contributed by atoms with Crippen molar-refractivity contribution in [3.8, 4) is 16.9 Å². The van der Waals surface area contributed by atoms with Gasteiger partial charge in [-0.05, 0) is 30.5 Å². The molecular weight excluding hydrogens is 342 g/mol. The molecule has 140 valence electrons. The number of rotatable bonds is 5. The molecule has 1 aliphatic heterocycles. The number of carbonyl (C=O) groups excluding carboxylic acids is 1. The van der Waals surface area contributed by atoms with Crippen LogP contribution >= 0.6 is 0 Å². The van der Waals surface area contributed by atoms with Crippen molar-refractivity contribution in [2.45, 2.75) is 18.9 Å². The minimum Gasteiger partial charge on any atom is -0.497 e. The maximum atomic E-state index is 13.2. The molecule has 27 heavy (non-hydrogen) atoms. The number of furan rings is 1. The lowest BCUT2D eigenvalue weighted by atomic mass is 10.0. The lowest BCUT2D eigenvalue weighted by Gasteiger charge is -2.20. The highest BCUT2D eigenvalue weighted by atomic mass is 16.5. The van der Waals surface area contributed by atoms with Crippen LogP contribution in [0.4, 0.5) is 0 Å². The Morgan fingerprint density at radius 1 is 1.22 bits per heavy atom. The van der Waals surface area contributed by atoms with Crippen molar-refractivity contribution in [3.05, 3.63) is 54.3 Å². The monoisotopic (exact) mass is 365 g/mol. The van der Waals surface area contributed by atoms with Crippen molar-refractivity contribution < 1.29 is 18.7 Å². The standard InChI is InChI=1S/C22H23NO4/c1-23(14-17-9-6-12-26-17)22(24)21-20(15-7-4-3-5-8-15)18-11-10-16(25-2)13-19(18)27-21/h3-5,7-8,10-11,13,17H,6,9,12,14H2,1-2H3. The van der Waals surface area contributed by atoms with Crippen LogP contribution < -0.4 is 4.74 Å². The molecule has 1 unspecified atom stereocenters. The smallest absolute Gasteiger partial charge is 0.290 e. The third kappa shape index (κ3) is 3.43. The van der Waals surface area contributed by atoms with Gasteiger partial charge in [-0.15, -0.1) is 0 Å². The quantitative estimate of drug-likeness (QED) is 0.674. The van der Waals surface area contributed by atoms with Gasteiger partial charge in [-0.3, -0.25) is 4.79 Å². The molecule has 1 aromatic heterocycles. The molecule has 2 aromatic carbocycles. The molecule has 2 heterocycles. The number of carbonyl (C=O) groups is 1. The Kier molecular flexibility index (Phi) is 4.86. The Hall–Kier alpha value is -2.79. The van der Waals surface area contributed by atoms with Gasteiger partial charge in [0, 0.05) is 37.2 Å². The van der Waals surface area contributed by atoms with E-state index in [1.165, 1.54) is 0 Å². The first kappa shape index (κ1) is 17.6. The van der Waals surface area contributed by atoms with Gasteiger partial charge in [0.2, 0.25) is 5.76 Å².